The van der Waals surface area contributed by atoms with Crippen molar-refractivity contribution in [2.24, 2.45) is 0 Å². The normalized spacial score (nSPS) is 10.9. The monoisotopic (exact) mass is 223 g/mol. The third-order valence-electron chi connectivity index (χ3n) is 2.09. The molecule has 62 valence electrons. The predicted octanol–water partition coefficient (Wildman–Crippen LogP) is 3.55. The van der Waals surface area contributed by atoms with E-state index in [0.29, 0.717) is 0 Å². The van der Waals surface area contributed by atoms with Crippen molar-refractivity contribution in [1.29, 1.82) is 0 Å². The van der Waals surface area contributed by atoms with Gasteiger partial charge in [-0.25, -0.2) is 0 Å². The van der Waals surface area contributed by atoms with Crippen LogP contribution < -0.4 is 0 Å². The topological polar surface area (TPSA) is 15.8 Å². The first-order valence-electron chi connectivity index (χ1n) is 3.92. The zero-order valence-electron chi connectivity index (χ0n) is 7.11. The van der Waals surface area contributed by atoms with Gasteiger partial charge in [0, 0.05) is 16.1 Å². The number of fused-ring (bicyclic) bond motifs is 1. The Morgan fingerprint density at radius 3 is 2.75 bits per heavy atom. The SMILES string of the molecule is Cc1cc(Br)c2[nH]cc(C)c2c1. The summed E-state index contributed by atoms with van der Waals surface area (Å²) in [6, 6.07) is 4.32. The zero-order chi connectivity index (χ0) is 8.72. The molecule has 0 unspecified atom stereocenters. The van der Waals surface area contributed by atoms with Crippen LogP contribution in [0.25, 0.3) is 10.9 Å². The average Bonchev–Trinajstić information content (AvgIpc) is 2.33. The maximum Gasteiger partial charge on any atom is 0.0601 e. The minimum absolute atomic E-state index is 1.14. The van der Waals surface area contributed by atoms with E-state index in [0.717, 1.165) is 4.47 Å². The van der Waals surface area contributed by atoms with E-state index in [1.54, 1.807) is 0 Å². The molecule has 1 N–H and O–H groups in total. The summed E-state index contributed by atoms with van der Waals surface area (Å²) < 4.78 is 1.14. The Kier molecular flexibility index (Phi) is 1.72. The quantitative estimate of drug-likeness (QED) is 0.704. The second-order valence-corrected chi connectivity index (χ2v) is 4.00. The molecule has 12 heavy (non-hydrogen) atoms. The van der Waals surface area contributed by atoms with Gasteiger partial charge in [-0.15, -0.1) is 0 Å². The van der Waals surface area contributed by atoms with Crippen molar-refractivity contribution in [1.82, 2.24) is 4.98 Å². The number of H-pyrrole nitrogens is 1. The van der Waals surface area contributed by atoms with Crippen LogP contribution in [0, 0.1) is 13.8 Å². The summed E-state index contributed by atoms with van der Waals surface area (Å²) in [6.45, 7) is 4.22. The fourth-order valence-corrected chi connectivity index (χ4v) is 2.15. The lowest BCUT2D eigenvalue weighted by Crippen LogP contribution is -1.75. The van der Waals surface area contributed by atoms with Gasteiger partial charge < -0.3 is 4.98 Å². The standard InChI is InChI=1S/C10H10BrN/c1-6-3-8-7(2)5-12-10(8)9(11)4-6/h3-5,12H,1-2H3. The fraction of sp³-hybridized carbons (Fsp3) is 0.200. The van der Waals surface area contributed by atoms with Crippen LogP contribution in [0.2, 0.25) is 0 Å². The first-order chi connectivity index (χ1) is 5.68. The highest BCUT2D eigenvalue weighted by Crippen LogP contribution is 2.26. The van der Waals surface area contributed by atoms with Crippen LogP contribution in [0.4, 0.5) is 0 Å². The maximum atomic E-state index is 3.53. The van der Waals surface area contributed by atoms with Crippen molar-refractivity contribution in [3.05, 3.63) is 33.9 Å². The number of halogens is 1. The van der Waals surface area contributed by atoms with Crippen LogP contribution in [0.3, 0.4) is 0 Å². The highest BCUT2D eigenvalue weighted by atomic mass is 79.9. The summed E-state index contributed by atoms with van der Waals surface area (Å²) in [5, 5.41) is 1.31. The molecule has 0 aliphatic rings. The summed E-state index contributed by atoms with van der Waals surface area (Å²) in [7, 11) is 0. The van der Waals surface area contributed by atoms with E-state index in [2.05, 4.69) is 46.9 Å². The van der Waals surface area contributed by atoms with Crippen molar-refractivity contribution in [3.63, 3.8) is 0 Å². The molecule has 2 rings (SSSR count). The molecule has 0 fully saturated rings. The van der Waals surface area contributed by atoms with Gasteiger partial charge in [0.05, 0.1) is 5.52 Å². The molecule has 1 aromatic carbocycles. The molecule has 0 atom stereocenters. The first-order valence-corrected chi connectivity index (χ1v) is 4.71. The molecule has 1 nitrogen and oxygen atoms in total. The van der Waals surface area contributed by atoms with Crippen molar-refractivity contribution in [2.45, 2.75) is 13.8 Å². The molecule has 0 aliphatic carbocycles. The Bertz CT molecular complexity index is 429. The number of aryl methyl sites for hydroxylation is 2. The van der Waals surface area contributed by atoms with Gasteiger partial charge in [-0.2, -0.15) is 0 Å². The molecule has 1 heterocycles. The summed E-state index contributed by atoms with van der Waals surface area (Å²) in [6.07, 6.45) is 2.04. The van der Waals surface area contributed by atoms with E-state index < -0.39 is 0 Å². The Balaban J connectivity index is 2.92. The molecule has 0 amide bonds. The molecule has 0 aliphatic heterocycles. The average molecular weight is 224 g/mol. The van der Waals surface area contributed by atoms with E-state index >= 15 is 0 Å². The number of benzene rings is 1. The van der Waals surface area contributed by atoms with E-state index in [4.69, 9.17) is 0 Å². The van der Waals surface area contributed by atoms with Crippen molar-refractivity contribution < 1.29 is 0 Å². The largest absolute Gasteiger partial charge is 0.360 e. The van der Waals surface area contributed by atoms with E-state index in [9.17, 15) is 0 Å². The minimum Gasteiger partial charge on any atom is -0.360 e. The molecule has 0 saturated carbocycles. The van der Waals surface area contributed by atoms with Crippen LogP contribution in [-0.4, -0.2) is 4.98 Å². The first kappa shape index (κ1) is 7.87. The Morgan fingerprint density at radius 1 is 1.25 bits per heavy atom. The fourth-order valence-electron chi connectivity index (χ4n) is 1.46. The Morgan fingerprint density at radius 2 is 2.00 bits per heavy atom. The van der Waals surface area contributed by atoms with Crippen LogP contribution in [0.15, 0.2) is 22.8 Å². The molecule has 2 aromatic rings. The summed E-state index contributed by atoms with van der Waals surface area (Å²) >= 11 is 3.53. The van der Waals surface area contributed by atoms with Crippen LogP contribution in [0.5, 0.6) is 0 Å². The third kappa shape index (κ3) is 1.07. The number of nitrogens with one attached hydrogen (secondary N) is 1. The predicted molar refractivity (Wildman–Crippen MR) is 55.5 cm³/mol. The number of aromatic amines is 1. The van der Waals surface area contributed by atoms with Gasteiger partial charge in [-0.1, -0.05) is 0 Å². The van der Waals surface area contributed by atoms with Gasteiger partial charge in [0.15, 0.2) is 0 Å². The maximum absolute atomic E-state index is 3.53. The Hall–Kier alpha value is -0.760. The van der Waals surface area contributed by atoms with E-state index in [1.807, 2.05) is 6.20 Å². The number of hydrogen-bond acceptors (Lipinski definition) is 0. The van der Waals surface area contributed by atoms with E-state index in [1.165, 1.54) is 22.0 Å². The van der Waals surface area contributed by atoms with Crippen molar-refractivity contribution in [2.75, 3.05) is 0 Å². The van der Waals surface area contributed by atoms with Crippen molar-refractivity contribution >= 4 is 26.8 Å². The lowest BCUT2D eigenvalue weighted by atomic mass is 10.1. The number of rotatable bonds is 0. The molecule has 2 heteroatoms. The summed E-state index contributed by atoms with van der Waals surface area (Å²) in [5.41, 5.74) is 3.78. The third-order valence-corrected chi connectivity index (χ3v) is 2.72. The minimum atomic E-state index is 1.14. The number of hydrogen-bond donors (Lipinski definition) is 1. The summed E-state index contributed by atoms with van der Waals surface area (Å²) in [4.78, 5) is 3.24. The smallest absolute Gasteiger partial charge is 0.0601 e. The zero-order valence-corrected chi connectivity index (χ0v) is 8.70. The van der Waals surface area contributed by atoms with E-state index in [-0.39, 0.29) is 0 Å². The molecular formula is C10H10BrN. The molecule has 0 spiro atoms. The highest BCUT2D eigenvalue weighted by molar-refractivity contribution is 9.10. The molecule has 1 aromatic heterocycles. The molecular weight excluding hydrogens is 214 g/mol. The molecule has 0 saturated heterocycles. The summed E-state index contributed by atoms with van der Waals surface area (Å²) in [5.74, 6) is 0. The molecule has 0 radical (unpaired) electrons. The van der Waals surface area contributed by atoms with Crippen LogP contribution in [0.1, 0.15) is 11.1 Å². The van der Waals surface area contributed by atoms with Gasteiger partial charge in [-0.05, 0) is 53.0 Å². The van der Waals surface area contributed by atoms with Gasteiger partial charge >= 0.3 is 0 Å². The second kappa shape index (κ2) is 2.63. The van der Waals surface area contributed by atoms with Gasteiger partial charge in [0.2, 0.25) is 0 Å². The lowest BCUT2D eigenvalue weighted by molar-refractivity contribution is 1.42. The molecule has 0 bridgehead atoms. The van der Waals surface area contributed by atoms with Gasteiger partial charge in [-0.3, -0.25) is 0 Å². The number of aromatic nitrogens is 1. The highest BCUT2D eigenvalue weighted by Gasteiger charge is 2.03. The van der Waals surface area contributed by atoms with Crippen LogP contribution in [-0.2, 0) is 0 Å². The van der Waals surface area contributed by atoms with Crippen LogP contribution >= 0.6 is 15.9 Å². The van der Waals surface area contributed by atoms with Crippen molar-refractivity contribution in [3.8, 4) is 0 Å². The second-order valence-electron chi connectivity index (χ2n) is 3.14. The van der Waals surface area contributed by atoms with Gasteiger partial charge in [0.25, 0.3) is 0 Å². The Labute approximate surface area is 79.9 Å². The lowest BCUT2D eigenvalue weighted by Gasteiger charge is -1.97. The van der Waals surface area contributed by atoms with Gasteiger partial charge in [0.1, 0.15) is 0 Å².